The molecule has 0 fully saturated rings. The molecular formula is C16H16Cl2. The summed E-state index contributed by atoms with van der Waals surface area (Å²) in [5.74, 6) is 0.918. The third-order valence-corrected chi connectivity index (χ3v) is 3.68. The summed E-state index contributed by atoms with van der Waals surface area (Å²) in [7, 11) is 0. The molecule has 2 rings (SSSR count). The molecule has 2 aromatic carbocycles. The van der Waals surface area contributed by atoms with Crippen molar-refractivity contribution >= 4 is 23.2 Å². The Bertz CT molecular complexity index is 520. The summed E-state index contributed by atoms with van der Waals surface area (Å²) in [6.07, 6.45) is 0.950. The monoisotopic (exact) mass is 278 g/mol. The molecule has 0 saturated heterocycles. The van der Waals surface area contributed by atoms with Crippen molar-refractivity contribution in [2.24, 2.45) is 0 Å². The molecule has 2 aromatic rings. The first-order valence-electron chi connectivity index (χ1n) is 6.06. The fraction of sp³-hybridized carbons (Fsp3) is 0.250. The first kappa shape index (κ1) is 13.5. The summed E-state index contributed by atoms with van der Waals surface area (Å²) in [5.41, 5.74) is 3.81. The van der Waals surface area contributed by atoms with Gasteiger partial charge in [-0.15, -0.1) is 11.6 Å². The molecule has 1 atom stereocenters. The van der Waals surface area contributed by atoms with Crippen LogP contribution < -0.4 is 0 Å². The van der Waals surface area contributed by atoms with Gasteiger partial charge in [0.15, 0.2) is 0 Å². The molecule has 2 heteroatoms. The molecule has 0 saturated carbocycles. The average molecular weight is 279 g/mol. The maximum atomic E-state index is 6.10. The van der Waals surface area contributed by atoms with E-state index in [1.54, 1.807) is 0 Å². The second-order valence-corrected chi connectivity index (χ2v) is 5.34. The zero-order chi connectivity index (χ0) is 13.0. The van der Waals surface area contributed by atoms with Crippen LogP contribution in [-0.2, 0) is 6.42 Å². The van der Waals surface area contributed by atoms with Crippen molar-refractivity contribution in [2.75, 3.05) is 5.88 Å². The maximum Gasteiger partial charge on any atom is 0.0408 e. The van der Waals surface area contributed by atoms with Gasteiger partial charge in [-0.3, -0.25) is 0 Å². The van der Waals surface area contributed by atoms with E-state index >= 15 is 0 Å². The van der Waals surface area contributed by atoms with Gasteiger partial charge in [0.25, 0.3) is 0 Å². The van der Waals surface area contributed by atoms with Gasteiger partial charge in [0.2, 0.25) is 0 Å². The van der Waals surface area contributed by atoms with Crippen LogP contribution in [0.2, 0.25) is 5.02 Å². The highest BCUT2D eigenvalue weighted by Crippen LogP contribution is 2.25. The van der Waals surface area contributed by atoms with Crippen LogP contribution in [0.1, 0.15) is 22.6 Å². The van der Waals surface area contributed by atoms with E-state index in [-0.39, 0.29) is 0 Å². The van der Waals surface area contributed by atoms with Crippen molar-refractivity contribution < 1.29 is 0 Å². The van der Waals surface area contributed by atoms with Crippen molar-refractivity contribution in [3.63, 3.8) is 0 Å². The summed E-state index contributed by atoms with van der Waals surface area (Å²) in [6.45, 7) is 2.11. The molecule has 0 amide bonds. The molecule has 18 heavy (non-hydrogen) atoms. The van der Waals surface area contributed by atoms with Crippen LogP contribution in [0.5, 0.6) is 0 Å². The van der Waals surface area contributed by atoms with Crippen LogP contribution >= 0.6 is 23.2 Å². The lowest BCUT2D eigenvalue weighted by molar-refractivity contribution is 0.766. The standard InChI is InChI=1S/C16H16Cl2/c1-12-4-2-5-13(8-12)9-15(11-17)14-6-3-7-16(18)10-14/h2-8,10,15H,9,11H2,1H3. The van der Waals surface area contributed by atoms with Crippen molar-refractivity contribution in [2.45, 2.75) is 19.3 Å². The molecule has 0 nitrogen and oxygen atoms in total. The van der Waals surface area contributed by atoms with Crippen molar-refractivity contribution in [1.82, 2.24) is 0 Å². The third kappa shape index (κ3) is 3.51. The van der Waals surface area contributed by atoms with Gasteiger partial charge < -0.3 is 0 Å². The first-order valence-corrected chi connectivity index (χ1v) is 6.97. The van der Waals surface area contributed by atoms with Gasteiger partial charge in [0.05, 0.1) is 0 Å². The lowest BCUT2D eigenvalue weighted by Gasteiger charge is -2.15. The van der Waals surface area contributed by atoms with E-state index in [4.69, 9.17) is 23.2 Å². The average Bonchev–Trinajstić information content (AvgIpc) is 2.36. The third-order valence-electron chi connectivity index (χ3n) is 3.07. The van der Waals surface area contributed by atoms with E-state index in [0.29, 0.717) is 11.8 Å². The van der Waals surface area contributed by atoms with Crippen LogP contribution in [0.25, 0.3) is 0 Å². The Kier molecular flexibility index (Phi) is 4.68. The van der Waals surface area contributed by atoms with Gasteiger partial charge in [-0.25, -0.2) is 0 Å². The van der Waals surface area contributed by atoms with Crippen LogP contribution in [0.4, 0.5) is 0 Å². The molecule has 0 spiro atoms. The Morgan fingerprint density at radius 2 is 1.83 bits per heavy atom. The van der Waals surface area contributed by atoms with Gasteiger partial charge >= 0.3 is 0 Å². The number of hydrogen-bond acceptors (Lipinski definition) is 0. The van der Waals surface area contributed by atoms with Gasteiger partial charge in [-0.05, 0) is 36.6 Å². The molecule has 0 bridgehead atoms. The van der Waals surface area contributed by atoms with Crippen LogP contribution in [0.3, 0.4) is 0 Å². The van der Waals surface area contributed by atoms with Crippen molar-refractivity contribution in [1.29, 1.82) is 0 Å². The molecule has 0 aliphatic rings. The number of benzene rings is 2. The highest BCUT2D eigenvalue weighted by Gasteiger charge is 2.11. The first-order chi connectivity index (χ1) is 8.69. The molecular weight excluding hydrogens is 263 g/mol. The molecule has 94 valence electrons. The molecule has 0 aliphatic heterocycles. The normalized spacial score (nSPS) is 12.4. The van der Waals surface area contributed by atoms with E-state index in [1.165, 1.54) is 16.7 Å². The summed E-state index contributed by atoms with van der Waals surface area (Å²) in [6, 6.07) is 16.5. The molecule has 0 aromatic heterocycles. The summed E-state index contributed by atoms with van der Waals surface area (Å²) < 4.78 is 0. The fourth-order valence-electron chi connectivity index (χ4n) is 2.15. The van der Waals surface area contributed by atoms with Crippen LogP contribution in [0, 0.1) is 6.92 Å². The van der Waals surface area contributed by atoms with Gasteiger partial charge in [-0.2, -0.15) is 0 Å². The number of halogens is 2. The summed E-state index contributed by atoms with van der Waals surface area (Å²) >= 11 is 12.1. The van der Waals surface area contributed by atoms with E-state index in [1.807, 2.05) is 18.2 Å². The van der Waals surface area contributed by atoms with Crippen LogP contribution in [0.15, 0.2) is 48.5 Å². The number of aryl methyl sites for hydroxylation is 1. The van der Waals surface area contributed by atoms with Gasteiger partial charge in [-0.1, -0.05) is 53.6 Å². The van der Waals surface area contributed by atoms with Crippen molar-refractivity contribution in [3.8, 4) is 0 Å². The minimum Gasteiger partial charge on any atom is -0.126 e. The second-order valence-electron chi connectivity index (χ2n) is 4.60. The van der Waals surface area contributed by atoms with Crippen molar-refractivity contribution in [3.05, 3.63) is 70.2 Å². The lowest BCUT2D eigenvalue weighted by Crippen LogP contribution is -2.04. The minimum atomic E-state index is 0.312. The summed E-state index contributed by atoms with van der Waals surface area (Å²) in [5, 5.41) is 0.770. The quantitative estimate of drug-likeness (QED) is 0.674. The van der Waals surface area contributed by atoms with Crippen LogP contribution in [-0.4, -0.2) is 5.88 Å². The molecule has 0 heterocycles. The molecule has 0 radical (unpaired) electrons. The zero-order valence-electron chi connectivity index (χ0n) is 10.4. The smallest absolute Gasteiger partial charge is 0.0408 e. The van der Waals surface area contributed by atoms with E-state index in [2.05, 4.69) is 37.3 Å². The Morgan fingerprint density at radius 3 is 2.50 bits per heavy atom. The second kappa shape index (κ2) is 6.26. The Morgan fingerprint density at radius 1 is 1.06 bits per heavy atom. The highest BCUT2D eigenvalue weighted by atomic mass is 35.5. The largest absolute Gasteiger partial charge is 0.126 e. The maximum absolute atomic E-state index is 6.10. The van der Waals surface area contributed by atoms with Gasteiger partial charge in [0, 0.05) is 16.8 Å². The Hall–Kier alpha value is -0.980. The molecule has 0 aliphatic carbocycles. The number of hydrogen-bond donors (Lipinski definition) is 0. The zero-order valence-corrected chi connectivity index (χ0v) is 11.9. The Balaban J connectivity index is 2.19. The van der Waals surface area contributed by atoms with E-state index < -0.39 is 0 Å². The SMILES string of the molecule is Cc1cccc(CC(CCl)c2cccc(Cl)c2)c1. The minimum absolute atomic E-state index is 0.312. The molecule has 1 unspecified atom stereocenters. The Labute approximate surface area is 119 Å². The number of rotatable bonds is 4. The number of alkyl halides is 1. The predicted octanol–water partition coefficient (Wildman–Crippen LogP) is 5.21. The van der Waals surface area contributed by atoms with Gasteiger partial charge in [0.1, 0.15) is 0 Å². The topological polar surface area (TPSA) is 0 Å². The van der Waals surface area contributed by atoms with E-state index in [0.717, 1.165) is 11.4 Å². The lowest BCUT2D eigenvalue weighted by atomic mass is 9.93. The van der Waals surface area contributed by atoms with E-state index in [9.17, 15) is 0 Å². The molecule has 0 N–H and O–H groups in total. The highest BCUT2D eigenvalue weighted by molar-refractivity contribution is 6.30. The fourth-order valence-corrected chi connectivity index (χ4v) is 2.63. The summed E-state index contributed by atoms with van der Waals surface area (Å²) in [4.78, 5) is 0. The predicted molar refractivity (Wildman–Crippen MR) is 79.8 cm³/mol.